The maximum absolute atomic E-state index is 11.7. The Hall–Kier alpha value is -1.89. The fourth-order valence-electron chi connectivity index (χ4n) is 1.28. The lowest BCUT2D eigenvalue weighted by molar-refractivity contribution is 0.0949. The first-order chi connectivity index (χ1) is 7.92. The molecular weight excluding hydrogens is 214 g/mol. The van der Waals surface area contributed by atoms with Gasteiger partial charge in [-0.05, 0) is 17.9 Å². The van der Waals surface area contributed by atoms with Gasteiger partial charge in [-0.25, -0.2) is 0 Å². The number of carbonyl (C=O) groups is 1. The molecule has 0 saturated carbocycles. The van der Waals surface area contributed by atoms with Crippen LogP contribution < -0.4 is 5.32 Å². The Morgan fingerprint density at radius 1 is 1.47 bits per heavy atom. The third kappa shape index (κ3) is 4.64. The number of pyridine rings is 1. The van der Waals surface area contributed by atoms with Gasteiger partial charge >= 0.3 is 0 Å². The van der Waals surface area contributed by atoms with Crippen molar-refractivity contribution in [2.75, 3.05) is 6.54 Å². The molecule has 0 aliphatic carbocycles. The van der Waals surface area contributed by atoms with Crippen molar-refractivity contribution >= 4 is 5.91 Å². The second-order valence-corrected chi connectivity index (χ2v) is 5.14. The predicted octanol–water partition coefficient (Wildman–Crippen LogP) is 2.12. The molecular formula is C13H17N3O. The highest BCUT2D eigenvalue weighted by molar-refractivity contribution is 5.94. The molecule has 0 bridgehead atoms. The second-order valence-electron chi connectivity index (χ2n) is 5.14. The first kappa shape index (κ1) is 13.2. The molecule has 90 valence electrons. The van der Waals surface area contributed by atoms with Gasteiger partial charge in [0.05, 0.1) is 11.1 Å². The van der Waals surface area contributed by atoms with E-state index < -0.39 is 0 Å². The number of hydrogen-bond acceptors (Lipinski definition) is 3. The zero-order valence-electron chi connectivity index (χ0n) is 10.4. The SMILES string of the molecule is CC(C)(C)CCNC(=O)c1cncc(C#N)c1. The van der Waals surface area contributed by atoms with Crippen LogP contribution in [-0.2, 0) is 0 Å². The van der Waals surface area contributed by atoms with E-state index in [0.717, 1.165) is 6.42 Å². The minimum absolute atomic E-state index is 0.182. The van der Waals surface area contributed by atoms with Crippen molar-refractivity contribution < 1.29 is 4.79 Å². The van der Waals surface area contributed by atoms with Gasteiger partial charge in [-0.1, -0.05) is 20.8 Å². The van der Waals surface area contributed by atoms with Gasteiger partial charge < -0.3 is 5.32 Å². The number of amides is 1. The van der Waals surface area contributed by atoms with E-state index >= 15 is 0 Å². The monoisotopic (exact) mass is 231 g/mol. The van der Waals surface area contributed by atoms with Gasteiger partial charge in [-0.15, -0.1) is 0 Å². The molecule has 1 aromatic rings. The molecule has 1 amide bonds. The number of carbonyl (C=O) groups excluding carboxylic acids is 1. The molecule has 1 heterocycles. The van der Waals surface area contributed by atoms with Crippen LogP contribution in [0.3, 0.4) is 0 Å². The van der Waals surface area contributed by atoms with E-state index in [0.29, 0.717) is 17.7 Å². The van der Waals surface area contributed by atoms with Crippen LogP contribution in [0.2, 0.25) is 0 Å². The molecule has 0 aromatic carbocycles. The molecule has 4 nitrogen and oxygen atoms in total. The first-order valence-electron chi connectivity index (χ1n) is 5.56. The van der Waals surface area contributed by atoms with E-state index in [4.69, 9.17) is 5.26 Å². The molecule has 17 heavy (non-hydrogen) atoms. The van der Waals surface area contributed by atoms with Crippen LogP contribution in [0.5, 0.6) is 0 Å². The van der Waals surface area contributed by atoms with Gasteiger partial charge in [0, 0.05) is 18.9 Å². The summed E-state index contributed by atoms with van der Waals surface area (Å²) in [5, 5.41) is 11.5. The van der Waals surface area contributed by atoms with E-state index in [-0.39, 0.29) is 11.3 Å². The number of rotatable bonds is 3. The topological polar surface area (TPSA) is 65.8 Å². The van der Waals surface area contributed by atoms with Gasteiger partial charge in [0.1, 0.15) is 6.07 Å². The van der Waals surface area contributed by atoms with Crippen molar-refractivity contribution in [1.82, 2.24) is 10.3 Å². The molecule has 0 aliphatic rings. The zero-order valence-corrected chi connectivity index (χ0v) is 10.4. The lowest BCUT2D eigenvalue weighted by atomic mass is 9.92. The van der Waals surface area contributed by atoms with Gasteiger partial charge in [0.2, 0.25) is 0 Å². The van der Waals surface area contributed by atoms with Crippen LogP contribution in [0.1, 0.15) is 43.1 Å². The minimum Gasteiger partial charge on any atom is -0.352 e. The number of nitrogens with one attached hydrogen (secondary N) is 1. The van der Waals surface area contributed by atoms with Crippen LogP contribution in [-0.4, -0.2) is 17.4 Å². The van der Waals surface area contributed by atoms with Crippen molar-refractivity contribution in [3.05, 3.63) is 29.6 Å². The molecule has 1 N–H and O–H groups in total. The normalized spacial score (nSPS) is 10.7. The van der Waals surface area contributed by atoms with E-state index in [1.54, 1.807) is 6.07 Å². The number of aromatic nitrogens is 1. The van der Waals surface area contributed by atoms with Crippen LogP contribution in [0.15, 0.2) is 18.5 Å². The third-order valence-corrected chi connectivity index (χ3v) is 2.29. The zero-order chi connectivity index (χ0) is 12.9. The van der Waals surface area contributed by atoms with Crippen molar-refractivity contribution in [1.29, 1.82) is 5.26 Å². The summed E-state index contributed by atoms with van der Waals surface area (Å²) >= 11 is 0. The summed E-state index contributed by atoms with van der Waals surface area (Å²) in [5.74, 6) is -0.182. The first-order valence-corrected chi connectivity index (χ1v) is 5.56. The number of hydrogen-bond donors (Lipinski definition) is 1. The average Bonchev–Trinajstić information content (AvgIpc) is 2.27. The summed E-state index contributed by atoms with van der Waals surface area (Å²) in [6.45, 7) is 6.99. The Kier molecular flexibility index (Phi) is 4.22. The van der Waals surface area contributed by atoms with Crippen LogP contribution in [0, 0.1) is 16.7 Å². The summed E-state index contributed by atoms with van der Waals surface area (Å²) in [6, 6.07) is 3.50. The summed E-state index contributed by atoms with van der Waals surface area (Å²) in [4.78, 5) is 15.6. The Morgan fingerprint density at radius 2 is 2.18 bits per heavy atom. The molecule has 0 aliphatic heterocycles. The molecule has 0 radical (unpaired) electrons. The smallest absolute Gasteiger partial charge is 0.252 e. The minimum atomic E-state index is -0.182. The Balaban J connectivity index is 2.56. The molecule has 1 rings (SSSR count). The quantitative estimate of drug-likeness (QED) is 0.866. The van der Waals surface area contributed by atoms with Crippen LogP contribution in [0.25, 0.3) is 0 Å². The number of nitriles is 1. The Bertz CT molecular complexity index is 441. The fraction of sp³-hybridized carbons (Fsp3) is 0.462. The maximum Gasteiger partial charge on any atom is 0.252 e. The fourth-order valence-corrected chi connectivity index (χ4v) is 1.28. The maximum atomic E-state index is 11.7. The second kappa shape index (κ2) is 5.44. The highest BCUT2D eigenvalue weighted by Crippen LogP contribution is 2.17. The molecule has 0 atom stereocenters. The highest BCUT2D eigenvalue weighted by Gasteiger charge is 2.11. The summed E-state index contributed by atoms with van der Waals surface area (Å²) < 4.78 is 0. The predicted molar refractivity (Wildman–Crippen MR) is 65.4 cm³/mol. The molecule has 1 aromatic heterocycles. The third-order valence-electron chi connectivity index (χ3n) is 2.29. The van der Waals surface area contributed by atoms with E-state index in [1.165, 1.54) is 12.4 Å². The molecule has 0 fully saturated rings. The Morgan fingerprint density at radius 3 is 2.76 bits per heavy atom. The molecule has 0 saturated heterocycles. The lowest BCUT2D eigenvalue weighted by Crippen LogP contribution is -2.27. The van der Waals surface area contributed by atoms with Crippen molar-refractivity contribution in [2.45, 2.75) is 27.2 Å². The molecule has 0 unspecified atom stereocenters. The standard InChI is InChI=1S/C13H17N3O/c1-13(2,3)4-5-16-12(17)11-6-10(7-14)8-15-9-11/h6,8-9H,4-5H2,1-3H3,(H,16,17). The largest absolute Gasteiger partial charge is 0.352 e. The van der Waals surface area contributed by atoms with E-state index in [1.807, 2.05) is 6.07 Å². The summed E-state index contributed by atoms with van der Waals surface area (Å²) in [7, 11) is 0. The highest BCUT2D eigenvalue weighted by atomic mass is 16.1. The molecule has 4 heteroatoms. The van der Waals surface area contributed by atoms with Gasteiger partial charge in [-0.2, -0.15) is 5.26 Å². The number of nitrogens with zero attached hydrogens (tertiary/aromatic N) is 2. The average molecular weight is 231 g/mol. The van der Waals surface area contributed by atoms with Gasteiger partial charge in [-0.3, -0.25) is 9.78 Å². The van der Waals surface area contributed by atoms with E-state index in [2.05, 4.69) is 31.1 Å². The van der Waals surface area contributed by atoms with Crippen LogP contribution in [0.4, 0.5) is 0 Å². The van der Waals surface area contributed by atoms with Crippen LogP contribution >= 0.6 is 0 Å². The lowest BCUT2D eigenvalue weighted by Gasteiger charge is -2.17. The van der Waals surface area contributed by atoms with Crippen molar-refractivity contribution in [2.24, 2.45) is 5.41 Å². The summed E-state index contributed by atoms with van der Waals surface area (Å²) in [6.07, 6.45) is 3.81. The van der Waals surface area contributed by atoms with E-state index in [9.17, 15) is 4.79 Å². The Labute approximate surface area is 102 Å². The van der Waals surface area contributed by atoms with Crippen molar-refractivity contribution in [3.8, 4) is 6.07 Å². The summed E-state index contributed by atoms with van der Waals surface area (Å²) in [5.41, 5.74) is 1.02. The molecule has 0 spiro atoms. The van der Waals surface area contributed by atoms with Gasteiger partial charge in [0.25, 0.3) is 5.91 Å². The van der Waals surface area contributed by atoms with Crippen molar-refractivity contribution in [3.63, 3.8) is 0 Å². The van der Waals surface area contributed by atoms with Gasteiger partial charge in [0.15, 0.2) is 0 Å².